The Bertz CT molecular complexity index is 865. The molecule has 5 heteroatoms. The number of aryl methyl sites for hydroxylation is 1. The van der Waals surface area contributed by atoms with Crippen LogP contribution in [0.5, 0.6) is 0 Å². The Balaban J connectivity index is 2.14. The molecular formula is C14H9FN2OS. The molecule has 2 aromatic heterocycles. The van der Waals surface area contributed by atoms with Crippen molar-refractivity contribution >= 4 is 22.2 Å². The maximum atomic E-state index is 13.3. The third-order valence-corrected chi connectivity index (χ3v) is 4.45. The summed E-state index contributed by atoms with van der Waals surface area (Å²) in [6.45, 7) is 0.612. The van der Waals surface area contributed by atoms with E-state index >= 15 is 0 Å². The van der Waals surface area contributed by atoms with Gasteiger partial charge in [0.2, 0.25) is 0 Å². The van der Waals surface area contributed by atoms with E-state index in [0.29, 0.717) is 23.3 Å². The zero-order valence-electron chi connectivity index (χ0n) is 9.89. The van der Waals surface area contributed by atoms with Gasteiger partial charge in [-0.25, -0.2) is 9.37 Å². The van der Waals surface area contributed by atoms with Crippen molar-refractivity contribution in [2.75, 3.05) is 0 Å². The van der Waals surface area contributed by atoms with Crippen LogP contribution in [0.25, 0.3) is 22.3 Å². The summed E-state index contributed by atoms with van der Waals surface area (Å²) in [4.78, 5) is 18.2. The lowest BCUT2D eigenvalue weighted by atomic mass is 10.1. The van der Waals surface area contributed by atoms with Gasteiger partial charge in [-0.3, -0.25) is 9.36 Å². The summed E-state index contributed by atoms with van der Waals surface area (Å²) in [5.74, 6) is 0.297. The number of halogens is 1. The van der Waals surface area contributed by atoms with Crippen molar-refractivity contribution in [1.29, 1.82) is 0 Å². The second-order valence-electron chi connectivity index (χ2n) is 4.56. The number of aromatic nitrogens is 2. The minimum atomic E-state index is -0.404. The number of benzene rings is 1. The number of fused-ring (bicyclic) bond motifs is 4. The van der Waals surface area contributed by atoms with Crippen LogP contribution in [0.4, 0.5) is 4.39 Å². The Morgan fingerprint density at radius 1 is 1.32 bits per heavy atom. The Kier molecular flexibility index (Phi) is 2.14. The van der Waals surface area contributed by atoms with Gasteiger partial charge >= 0.3 is 0 Å². The topological polar surface area (TPSA) is 34.9 Å². The summed E-state index contributed by atoms with van der Waals surface area (Å²) in [6, 6.07) is 6.16. The average Bonchev–Trinajstić information content (AvgIpc) is 2.88. The summed E-state index contributed by atoms with van der Waals surface area (Å²) < 4.78 is 14.9. The van der Waals surface area contributed by atoms with E-state index in [1.165, 1.54) is 17.0 Å². The van der Waals surface area contributed by atoms with Crippen LogP contribution in [-0.2, 0) is 13.0 Å². The molecule has 0 saturated carbocycles. The van der Waals surface area contributed by atoms with Crippen molar-refractivity contribution in [3.63, 3.8) is 0 Å². The van der Waals surface area contributed by atoms with Gasteiger partial charge in [-0.15, -0.1) is 11.3 Å². The van der Waals surface area contributed by atoms with Crippen LogP contribution in [0.2, 0.25) is 0 Å². The molecular weight excluding hydrogens is 263 g/mol. The normalized spacial score (nSPS) is 13.3. The van der Waals surface area contributed by atoms with Crippen molar-refractivity contribution in [3.8, 4) is 11.4 Å². The molecule has 3 nitrogen and oxygen atoms in total. The first-order chi connectivity index (χ1) is 9.24. The average molecular weight is 272 g/mol. The predicted octanol–water partition coefficient (Wildman–Crippen LogP) is 2.82. The molecule has 1 aromatic carbocycles. The van der Waals surface area contributed by atoms with Crippen LogP contribution in [0.3, 0.4) is 0 Å². The molecule has 0 N–H and O–H groups in total. The predicted molar refractivity (Wildman–Crippen MR) is 73.0 cm³/mol. The van der Waals surface area contributed by atoms with Crippen LogP contribution in [0.1, 0.15) is 4.88 Å². The fraction of sp³-hybridized carbons (Fsp3) is 0.143. The number of hydrogen-bond acceptors (Lipinski definition) is 3. The summed E-state index contributed by atoms with van der Waals surface area (Å²) in [6.07, 6.45) is 0.836. The molecule has 1 aliphatic rings. The number of hydrogen-bond donors (Lipinski definition) is 0. The molecule has 0 bridgehead atoms. The maximum absolute atomic E-state index is 13.3. The molecule has 1 aliphatic heterocycles. The third-order valence-electron chi connectivity index (χ3n) is 3.46. The fourth-order valence-corrected chi connectivity index (χ4v) is 3.42. The first kappa shape index (κ1) is 10.9. The maximum Gasteiger partial charge on any atom is 0.261 e. The first-order valence-electron chi connectivity index (χ1n) is 6.01. The molecule has 0 aliphatic carbocycles. The van der Waals surface area contributed by atoms with Gasteiger partial charge in [-0.2, -0.15) is 0 Å². The number of rotatable bonds is 0. The van der Waals surface area contributed by atoms with Gasteiger partial charge in [-0.1, -0.05) is 0 Å². The third kappa shape index (κ3) is 1.48. The highest BCUT2D eigenvalue weighted by Gasteiger charge is 2.20. The summed E-state index contributed by atoms with van der Waals surface area (Å²) >= 11 is 1.69. The Labute approximate surface area is 112 Å². The molecule has 0 saturated heterocycles. The van der Waals surface area contributed by atoms with Crippen LogP contribution in [0.15, 0.2) is 34.4 Å². The highest BCUT2D eigenvalue weighted by molar-refractivity contribution is 7.10. The number of thiophene rings is 1. The second kappa shape index (κ2) is 3.74. The van der Waals surface area contributed by atoms with E-state index in [0.717, 1.165) is 12.0 Å². The largest absolute Gasteiger partial charge is 0.292 e. The SMILES string of the molecule is O=c1c2cc(F)ccc2nc2n1CCc1sccc1-2. The Morgan fingerprint density at radius 2 is 2.21 bits per heavy atom. The summed E-state index contributed by atoms with van der Waals surface area (Å²) in [5.41, 5.74) is 1.42. The highest BCUT2D eigenvalue weighted by Crippen LogP contribution is 2.31. The Hall–Kier alpha value is -2.01. The zero-order valence-corrected chi connectivity index (χ0v) is 10.7. The lowest BCUT2D eigenvalue weighted by Crippen LogP contribution is -2.27. The Morgan fingerprint density at radius 3 is 3.11 bits per heavy atom. The minimum Gasteiger partial charge on any atom is -0.292 e. The molecule has 0 fully saturated rings. The van der Waals surface area contributed by atoms with Crippen molar-refractivity contribution in [2.24, 2.45) is 0 Å². The monoisotopic (exact) mass is 272 g/mol. The quantitative estimate of drug-likeness (QED) is 0.630. The van der Waals surface area contributed by atoms with E-state index < -0.39 is 5.82 Å². The molecule has 0 unspecified atom stereocenters. The molecule has 94 valence electrons. The van der Waals surface area contributed by atoms with Crippen molar-refractivity contribution in [3.05, 3.63) is 50.7 Å². The van der Waals surface area contributed by atoms with E-state index in [4.69, 9.17) is 0 Å². The molecule has 0 spiro atoms. The minimum absolute atomic E-state index is 0.156. The van der Waals surface area contributed by atoms with E-state index in [-0.39, 0.29) is 5.56 Å². The van der Waals surface area contributed by atoms with Crippen molar-refractivity contribution < 1.29 is 4.39 Å². The van der Waals surface area contributed by atoms with Crippen LogP contribution in [-0.4, -0.2) is 9.55 Å². The van der Waals surface area contributed by atoms with Crippen LogP contribution < -0.4 is 5.56 Å². The van der Waals surface area contributed by atoms with Gasteiger partial charge in [0.25, 0.3) is 5.56 Å². The van der Waals surface area contributed by atoms with Gasteiger partial charge in [0, 0.05) is 23.4 Å². The zero-order chi connectivity index (χ0) is 13.0. The molecule has 0 radical (unpaired) electrons. The molecule has 0 amide bonds. The highest BCUT2D eigenvalue weighted by atomic mass is 32.1. The molecule has 19 heavy (non-hydrogen) atoms. The summed E-state index contributed by atoms with van der Waals surface area (Å²) in [5, 5.41) is 2.36. The van der Waals surface area contributed by atoms with Crippen LogP contribution in [0, 0.1) is 5.82 Å². The smallest absolute Gasteiger partial charge is 0.261 e. The van der Waals surface area contributed by atoms with Gasteiger partial charge in [0.1, 0.15) is 11.6 Å². The lowest BCUT2D eigenvalue weighted by molar-refractivity contribution is 0.627. The van der Waals surface area contributed by atoms with E-state index in [1.54, 1.807) is 22.0 Å². The fourth-order valence-electron chi connectivity index (χ4n) is 2.55. The van der Waals surface area contributed by atoms with Gasteiger partial charge in [-0.05, 0) is 29.6 Å². The van der Waals surface area contributed by atoms with E-state index in [1.807, 2.05) is 11.4 Å². The molecule has 4 rings (SSSR count). The second-order valence-corrected chi connectivity index (χ2v) is 5.56. The van der Waals surface area contributed by atoms with Crippen molar-refractivity contribution in [1.82, 2.24) is 9.55 Å². The standard InChI is InChI=1S/C14H9FN2OS/c15-8-1-2-11-10(7-8)14(18)17-5-3-12-9(4-6-19-12)13(17)16-11/h1-2,4,6-7H,3,5H2. The van der Waals surface area contributed by atoms with Gasteiger partial charge < -0.3 is 0 Å². The van der Waals surface area contributed by atoms with Gasteiger partial charge in [0.15, 0.2) is 0 Å². The van der Waals surface area contributed by atoms with Crippen molar-refractivity contribution in [2.45, 2.75) is 13.0 Å². The first-order valence-corrected chi connectivity index (χ1v) is 6.89. The van der Waals surface area contributed by atoms with Gasteiger partial charge in [0.05, 0.1) is 10.9 Å². The molecule has 3 aromatic rings. The van der Waals surface area contributed by atoms with E-state index in [9.17, 15) is 9.18 Å². The molecule has 3 heterocycles. The molecule has 0 atom stereocenters. The van der Waals surface area contributed by atoms with E-state index in [2.05, 4.69) is 4.98 Å². The van der Waals surface area contributed by atoms with Crippen LogP contribution >= 0.6 is 11.3 Å². The lowest BCUT2D eigenvalue weighted by Gasteiger charge is -2.18. The number of nitrogens with zero attached hydrogens (tertiary/aromatic N) is 2. The summed E-state index contributed by atoms with van der Waals surface area (Å²) in [7, 11) is 0.